The molecular weight excluding hydrogens is 244 g/mol. The van der Waals surface area contributed by atoms with E-state index in [1.807, 2.05) is 13.0 Å². The number of carbonyl (C=O) groups is 1. The van der Waals surface area contributed by atoms with Crippen LogP contribution in [0.2, 0.25) is 0 Å². The number of hydrogen-bond donors (Lipinski definition) is 0. The molecule has 19 heavy (non-hydrogen) atoms. The van der Waals surface area contributed by atoms with E-state index in [1.165, 1.54) is 0 Å². The highest BCUT2D eigenvalue weighted by molar-refractivity contribution is 5.69. The van der Waals surface area contributed by atoms with Crippen LogP contribution in [0.5, 0.6) is 0 Å². The van der Waals surface area contributed by atoms with Crippen molar-refractivity contribution in [3.63, 3.8) is 0 Å². The maximum atomic E-state index is 11.2. The van der Waals surface area contributed by atoms with Gasteiger partial charge in [0.25, 0.3) is 0 Å². The summed E-state index contributed by atoms with van der Waals surface area (Å²) in [6.45, 7) is 3.61. The Hall–Kier alpha value is -1.45. The van der Waals surface area contributed by atoms with Crippen molar-refractivity contribution < 1.29 is 19.0 Å². The van der Waals surface area contributed by atoms with E-state index >= 15 is 0 Å². The maximum absolute atomic E-state index is 11.2. The molecular formula is C15H22O4. The second-order valence-corrected chi connectivity index (χ2v) is 4.86. The Balaban J connectivity index is 1.64. The number of esters is 1. The molecule has 0 saturated heterocycles. The van der Waals surface area contributed by atoms with Gasteiger partial charge in [-0.25, -0.2) is 0 Å². The fraction of sp³-hybridized carbons (Fsp3) is 0.667. The van der Waals surface area contributed by atoms with Crippen molar-refractivity contribution in [1.29, 1.82) is 0 Å². The summed E-state index contributed by atoms with van der Waals surface area (Å²) in [5.41, 5.74) is 0. The molecule has 0 N–H and O–H groups in total. The van der Waals surface area contributed by atoms with Gasteiger partial charge in [-0.1, -0.05) is 12.5 Å². The van der Waals surface area contributed by atoms with Crippen molar-refractivity contribution in [1.82, 2.24) is 0 Å². The quantitative estimate of drug-likeness (QED) is 0.547. The Morgan fingerprint density at radius 2 is 2.21 bits per heavy atom. The molecule has 1 heterocycles. The van der Waals surface area contributed by atoms with E-state index in [2.05, 4.69) is 6.08 Å². The van der Waals surface area contributed by atoms with Crippen LogP contribution in [0.25, 0.3) is 0 Å². The van der Waals surface area contributed by atoms with Gasteiger partial charge in [-0.05, 0) is 31.8 Å². The average molecular weight is 266 g/mol. The number of unbranched alkanes of at least 4 members (excludes halogenated alkanes) is 1. The predicted octanol–water partition coefficient (Wildman–Crippen LogP) is 2.94. The Morgan fingerprint density at radius 1 is 1.37 bits per heavy atom. The molecule has 0 saturated carbocycles. The summed E-state index contributed by atoms with van der Waals surface area (Å²) in [6.07, 6.45) is 8.68. The molecule has 4 nitrogen and oxygen atoms in total. The lowest BCUT2D eigenvalue weighted by Crippen LogP contribution is -2.17. The fourth-order valence-electron chi connectivity index (χ4n) is 2.41. The number of carbonyl (C=O) groups excluding carboxylic acids is 1. The van der Waals surface area contributed by atoms with Gasteiger partial charge in [0.15, 0.2) is 5.76 Å². The number of rotatable bonds is 6. The first kappa shape index (κ1) is 14.0. The van der Waals surface area contributed by atoms with Crippen molar-refractivity contribution in [3.8, 4) is 0 Å². The lowest BCUT2D eigenvalue weighted by atomic mass is 9.92. The van der Waals surface area contributed by atoms with E-state index in [9.17, 15) is 4.79 Å². The van der Waals surface area contributed by atoms with E-state index in [-0.39, 0.29) is 5.97 Å². The smallest absolute Gasteiger partial charge is 0.305 e. The summed E-state index contributed by atoms with van der Waals surface area (Å²) < 4.78 is 16.0. The van der Waals surface area contributed by atoms with Gasteiger partial charge in [0.2, 0.25) is 0 Å². The van der Waals surface area contributed by atoms with Gasteiger partial charge < -0.3 is 14.2 Å². The Labute approximate surface area is 114 Å². The molecule has 4 heteroatoms. The normalized spacial score (nSPS) is 21.4. The molecule has 1 aliphatic carbocycles. The first-order valence-corrected chi connectivity index (χ1v) is 7.12. The van der Waals surface area contributed by atoms with Crippen LogP contribution < -0.4 is 0 Å². The van der Waals surface area contributed by atoms with Crippen LogP contribution in [-0.2, 0) is 19.0 Å². The third-order valence-corrected chi connectivity index (χ3v) is 3.37. The van der Waals surface area contributed by atoms with E-state index < -0.39 is 0 Å². The van der Waals surface area contributed by atoms with Gasteiger partial charge in [-0.2, -0.15) is 0 Å². The highest BCUT2D eigenvalue weighted by atomic mass is 16.6. The van der Waals surface area contributed by atoms with Crippen LogP contribution in [0.4, 0.5) is 0 Å². The summed E-state index contributed by atoms with van der Waals surface area (Å²) in [5, 5.41) is 0. The Kier molecular flexibility index (Phi) is 5.31. The molecule has 0 amide bonds. The number of allylic oxidation sites excluding steroid dienone is 3. The molecule has 0 bridgehead atoms. The topological polar surface area (TPSA) is 44.8 Å². The zero-order chi connectivity index (χ0) is 13.5. The number of ether oxygens (including phenoxy) is 3. The van der Waals surface area contributed by atoms with Crippen molar-refractivity contribution in [2.75, 3.05) is 19.8 Å². The van der Waals surface area contributed by atoms with E-state index in [4.69, 9.17) is 14.2 Å². The molecule has 0 spiro atoms. The SMILES string of the molecule is CCOC(=O)CCCCC1C=CC2=C(C1)OCCO2. The van der Waals surface area contributed by atoms with Crippen LogP contribution in [0.15, 0.2) is 23.7 Å². The number of hydrogen-bond acceptors (Lipinski definition) is 4. The van der Waals surface area contributed by atoms with Crippen LogP contribution >= 0.6 is 0 Å². The minimum absolute atomic E-state index is 0.0873. The van der Waals surface area contributed by atoms with Gasteiger partial charge in [-0.15, -0.1) is 0 Å². The van der Waals surface area contributed by atoms with E-state index in [0.29, 0.717) is 32.2 Å². The van der Waals surface area contributed by atoms with Crippen molar-refractivity contribution in [2.24, 2.45) is 5.92 Å². The van der Waals surface area contributed by atoms with Gasteiger partial charge in [0, 0.05) is 12.8 Å². The third-order valence-electron chi connectivity index (χ3n) is 3.37. The zero-order valence-corrected chi connectivity index (χ0v) is 11.5. The molecule has 1 aliphatic heterocycles. The molecule has 0 aromatic heterocycles. The standard InChI is InChI=1S/C15H22O4/c1-2-17-15(16)6-4-3-5-12-7-8-13-14(11-12)19-10-9-18-13/h7-8,12H,2-6,9-11H2,1H3. The summed E-state index contributed by atoms with van der Waals surface area (Å²) in [4.78, 5) is 11.2. The lowest BCUT2D eigenvalue weighted by Gasteiger charge is -2.26. The maximum Gasteiger partial charge on any atom is 0.305 e. The molecule has 106 valence electrons. The largest absolute Gasteiger partial charge is 0.490 e. The zero-order valence-electron chi connectivity index (χ0n) is 11.5. The molecule has 0 aromatic carbocycles. The van der Waals surface area contributed by atoms with Crippen molar-refractivity contribution >= 4 is 5.97 Å². The molecule has 2 rings (SSSR count). The van der Waals surface area contributed by atoms with Crippen LogP contribution in [0, 0.1) is 5.92 Å². The second-order valence-electron chi connectivity index (χ2n) is 4.86. The molecule has 1 atom stereocenters. The lowest BCUT2D eigenvalue weighted by molar-refractivity contribution is -0.143. The highest BCUT2D eigenvalue weighted by Gasteiger charge is 2.21. The minimum atomic E-state index is -0.0873. The Morgan fingerprint density at radius 3 is 3.05 bits per heavy atom. The first-order chi connectivity index (χ1) is 9.29. The van der Waals surface area contributed by atoms with Gasteiger partial charge in [-0.3, -0.25) is 4.79 Å². The molecule has 0 aromatic rings. The fourth-order valence-corrected chi connectivity index (χ4v) is 2.41. The van der Waals surface area contributed by atoms with Crippen LogP contribution in [0.3, 0.4) is 0 Å². The van der Waals surface area contributed by atoms with Gasteiger partial charge >= 0.3 is 5.97 Å². The summed E-state index contributed by atoms with van der Waals surface area (Å²) in [7, 11) is 0. The summed E-state index contributed by atoms with van der Waals surface area (Å²) >= 11 is 0. The van der Waals surface area contributed by atoms with E-state index in [1.54, 1.807) is 0 Å². The van der Waals surface area contributed by atoms with E-state index in [0.717, 1.165) is 37.2 Å². The second kappa shape index (κ2) is 7.22. The Bertz CT molecular complexity index is 370. The van der Waals surface area contributed by atoms with Crippen molar-refractivity contribution in [2.45, 2.75) is 39.0 Å². The monoisotopic (exact) mass is 266 g/mol. The molecule has 2 aliphatic rings. The van der Waals surface area contributed by atoms with Crippen molar-refractivity contribution in [3.05, 3.63) is 23.7 Å². The predicted molar refractivity (Wildman–Crippen MR) is 71.3 cm³/mol. The molecule has 0 radical (unpaired) electrons. The first-order valence-electron chi connectivity index (χ1n) is 7.12. The highest BCUT2D eigenvalue weighted by Crippen LogP contribution is 2.30. The van der Waals surface area contributed by atoms with Crippen LogP contribution in [0.1, 0.15) is 39.0 Å². The summed E-state index contributed by atoms with van der Waals surface area (Å²) in [6, 6.07) is 0. The third kappa shape index (κ3) is 4.30. The minimum Gasteiger partial charge on any atom is -0.490 e. The van der Waals surface area contributed by atoms with Gasteiger partial charge in [0.1, 0.15) is 19.0 Å². The summed E-state index contributed by atoms with van der Waals surface area (Å²) in [5.74, 6) is 2.30. The average Bonchev–Trinajstić information content (AvgIpc) is 2.44. The molecule has 1 unspecified atom stereocenters. The van der Waals surface area contributed by atoms with Crippen LogP contribution in [-0.4, -0.2) is 25.8 Å². The van der Waals surface area contributed by atoms with Gasteiger partial charge in [0.05, 0.1) is 6.61 Å². The molecule has 0 fully saturated rings.